The molecule has 1 rings (SSSR count). The number of nitrogens with two attached hydrogens (primary N) is 1. The predicted molar refractivity (Wildman–Crippen MR) is 59.6 cm³/mol. The lowest BCUT2D eigenvalue weighted by atomic mass is 9.86. The van der Waals surface area contributed by atoms with Crippen molar-refractivity contribution in [2.75, 3.05) is 7.11 Å². The van der Waals surface area contributed by atoms with Crippen molar-refractivity contribution in [3.63, 3.8) is 0 Å². The molecule has 3 N–H and O–H groups in total. The first-order chi connectivity index (χ1) is 7.54. The zero-order chi connectivity index (χ0) is 12.1. The second-order valence-corrected chi connectivity index (χ2v) is 4.37. The molecule has 0 unspecified atom stereocenters. The number of nitrogens with one attached hydrogen (secondary N) is 1. The molecule has 92 valence electrons. The molecule has 1 aliphatic carbocycles. The lowest BCUT2D eigenvalue weighted by Crippen LogP contribution is -2.45. The summed E-state index contributed by atoms with van der Waals surface area (Å²) in [5.74, 6) is -0.271. The van der Waals surface area contributed by atoms with Gasteiger partial charge in [-0.25, -0.2) is 0 Å². The Morgan fingerprint density at radius 2 is 1.88 bits per heavy atom. The van der Waals surface area contributed by atoms with E-state index in [9.17, 15) is 9.59 Å². The maximum atomic E-state index is 11.4. The van der Waals surface area contributed by atoms with Crippen LogP contribution in [0.5, 0.6) is 0 Å². The molecular weight excluding hydrogens is 208 g/mol. The fraction of sp³-hybridized carbons (Fsp3) is 0.818. The highest BCUT2D eigenvalue weighted by molar-refractivity contribution is 5.81. The Hall–Kier alpha value is -1.10. The first kappa shape index (κ1) is 13.0. The number of amides is 1. The average Bonchev–Trinajstić information content (AvgIpc) is 2.28. The summed E-state index contributed by atoms with van der Waals surface area (Å²) in [5.41, 5.74) is 5.46. The van der Waals surface area contributed by atoms with Crippen LogP contribution in [0.1, 0.15) is 32.6 Å². The molecule has 1 atom stereocenters. The molecule has 1 fully saturated rings. The van der Waals surface area contributed by atoms with Crippen LogP contribution in [0.25, 0.3) is 0 Å². The molecule has 0 heterocycles. The van der Waals surface area contributed by atoms with E-state index >= 15 is 0 Å². The van der Waals surface area contributed by atoms with Crippen LogP contribution < -0.4 is 11.1 Å². The highest BCUT2D eigenvalue weighted by atomic mass is 16.5. The Balaban J connectivity index is 2.32. The van der Waals surface area contributed by atoms with Crippen molar-refractivity contribution in [1.82, 2.24) is 5.32 Å². The lowest BCUT2D eigenvalue weighted by Gasteiger charge is -2.28. The lowest BCUT2D eigenvalue weighted by molar-refractivity contribution is -0.146. The molecule has 1 aliphatic rings. The molecular formula is C11H20N2O3. The minimum Gasteiger partial charge on any atom is -0.469 e. The number of methoxy groups -OCH3 is 1. The van der Waals surface area contributed by atoms with Gasteiger partial charge in [0.05, 0.1) is 19.1 Å². The number of rotatable bonds is 3. The van der Waals surface area contributed by atoms with Crippen molar-refractivity contribution in [3.8, 4) is 0 Å². The number of esters is 1. The Kier molecular flexibility index (Phi) is 4.73. The Labute approximate surface area is 95.7 Å². The molecule has 0 bridgehead atoms. The van der Waals surface area contributed by atoms with Gasteiger partial charge in [-0.05, 0) is 32.6 Å². The van der Waals surface area contributed by atoms with Crippen LogP contribution in [0.2, 0.25) is 0 Å². The molecule has 1 saturated carbocycles. The van der Waals surface area contributed by atoms with Gasteiger partial charge in [0.2, 0.25) is 5.91 Å². The maximum absolute atomic E-state index is 11.4. The predicted octanol–water partition coefficient (Wildman–Crippen LogP) is 0.182. The monoisotopic (exact) mass is 228 g/mol. The molecule has 0 aliphatic heterocycles. The highest BCUT2D eigenvalue weighted by Gasteiger charge is 2.27. The first-order valence-electron chi connectivity index (χ1n) is 5.68. The van der Waals surface area contributed by atoms with Crippen molar-refractivity contribution in [3.05, 3.63) is 0 Å². The molecule has 0 aromatic carbocycles. The largest absolute Gasteiger partial charge is 0.469 e. The fourth-order valence-corrected chi connectivity index (χ4v) is 1.97. The van der Waals surface area contributed by atoms with Crippen LogP contribution in [0.15, 0.2) is 0 Å². The van der Waals surface area contributed by atoms with Crippen molar-refractivity contribution in [1.29, 1.82) is 0 Å². The van der Waals surface area contributed by atoms with Gasteiger partial charge in [0.15, 0.2) is 0 Å². The van der Waals surface area contributed by atoms with Gasteiger partial charge in [0.1, 0.15) is 0 Å². The van der Waals surface area contributed by atoms with Crippen molar-refractivity contribution in [2.45, 2.75) is 44.7 Å². The van der Waals surface area contributed by atoms with Crippen molar-refractivity contribution >= 4 is 11.9 Å². The normalized spacial score (nSPS) is 26.9. The third-order valence-corrected chi connectivity index (χ3v) is 3.02. The average molecular weight is 228 g/mol. The number of hydrogen-bond donors (Lipinski definition) is 2. The van der Waals surface area contributed by atoms with E-state index < -0.39 is 6.04 Å². The fourth-order valence-electron chi connectivity index (χ4n) is 1.97. The van der Waals surface area contributed by atoms with Crippen LogP contribution in [0, 0.1) is 5.92 Å². The summed E-state index contributed by atoms with van der Waals surface area (Å²) >= 11 is 0. The molecule has 0 saturated heterocycles. The van der Waals surface area contributed by atoms with Crippen LogP contribution in [0.3, 0.4) is 0 Å². The number of ether oxygens (including phenoxy) is 1. The third kappa shape index (κ3) is 3.48. The van der Waals surface area contributed by atoms with E-state index in [1.807, 2.05) is 0 Å². The van der Waals surface area contributed by atoms with Crippen molar-refractivity contribution in [2.24, 2.45) is 11.7 Å². The summed E-state index contributed by atoms with van der Waals surface area (Å²) in [4.78, 5) is 22.6. The summed E-state index contributed by atoms with van der Waals surface area (Å²) in [7, 11) is 1.41. The van der Waals surface area contributed by atoms with Crippen LogP contribution >= 0.6 is 0 Å². The van der Waals surface area contributed by atoms with Gasteiger partial charge in [0.25, 0.3) is 0 Å². The standard InChI is InChI=1S/C11H20N2O3/c1-7(12)10(14)13-9-5-3-8(4-6-9)11(15)16-2/h7-9H,3-6,12H2,1-2H3,(H,13,14)/t7-,8?,9?/m0/s1. The Morgan fingerprint density at radius 1 is 1.31 bits per heavy atom. The second-order valence-electron chi connectivity index (χ2n) is 4.37. The number of carbonyl (C=O) groups excluding carboxylic acids is 2. The summed E-state index contributed by atoms with van der Waals surface area (Å²) in [5, 5.41) is 2.88. The molecule has 0 radical (unpaired) electrons. The Morgan fingerprint density at radius 3 is 2.31 bits per heavy atom. The molecule has 5 heteroatoms. The van der Waals surface area contributed by atoms with E-state index in [1.165, 1.54) is 7.11 Å². The van der Waals surface area contributed by atoms with E-state index in [-0.39, 0.29) is 23.8 Å². The molecule has 16 heavy (non-hydrogen) atoms. The highest BCUT2D eigenvalue weighted by Crippen LogP contribution is 2.25. The molecule has 0 spiro atoms. The maximum Gasteiger partial charge on any atom is 0.308 e. The van der Waals surface area contributed by atoms with Gasteiger partial charge in [-0.1, -0.05) is 0 Å². The number of carbonyl (C=O) groups is 2. The van der Waals surface area contributed by atoms with Crippen LogP contribution in [-0.4, -0.2) is 31.1 Å². The van der Waals surface area contributed by atoms with E-state index in [0.717, 1.165) is 25.7 Å². The van der Waals surface area contributed by atoms with Gasteiger partial charge >= 0.3 is 5.97 Å². The van der Waals surface area contributed by atoms with E-state index in [1.54, 1.807) is 6.92 Å². The van der Waals surface area contributed by atoms with Gasteiger partial charge in [0, 0.05) is 6.04 Å². The molecule has 0 aromatic rings. The zero-order valence-corrected chi connectivity index (χ0v) is 9.86. The van der Waals surface area contributed by atoms with E-state index in [4.69, 9.17) is 10.5 Å². The topological polar surface area (TPSA) is 81.4 Å². The van der Waals surface area contributed by atoms with E-state index in [2.05, 4.69) is 5.32 Å². The third-order valence-electron chi connectivity index (χ3n) is 3.02. The molecule has 5 nitrogen and oxygen atoms in total. The minimum absolute atomic E-state index is 0.00606. The van der Waals surface area contributed by atoms with Gasteiger partial charge in [-0.3, -0.25) is 9.59 Å². The second kappa shape index (κ2) is 5.84. The van der Waals surface area contributed by atoms with Crippen molar-refractivity contribution < 1.29 is 14.3 Å². The first-order valence-corrected chi connectivity index (χ1v) is 5.68. The summed E-state index contributed by atoms with van der Waals surface area (Å²) in [6, 6.07) is -0.322. The molecule has 1 amide bonds. The van der Waals surface area contributed by atoms with Gasteiger partial charge in [-0.15, -0.1) is 0 Å². The van der Waals surface area contributed by atoms with Gasteiger partial charge < -0.3 is 15.8 Å². The number of hydrogen-bond acceptors (Lipinski definition) is 4. The van der Waals surface area contributed by atoms with Crippen LogP contribution in [-0.2, 0) is 14.3 Å². The minimum atomic E-state index is -0.474. The SMILES string of the molecule is COC(=O)C1CCC(NC(=O)[C@H](C)N)CC1. The quantitative estimate of drug-likeness (QED) is 0.675. The van der Waals surface area contributed by atoms with Crippen LogP contribution in [0.4, 0.5) is 0 Å². The summed E-state index contributed by atoms with van der Waals surface area (Å²) in [6.07, 6.45) is 3.18. The Bertz CT molecular complexity index is 258. The molecule has 0 aromatic heterocycles. The summed E-state index contributed by atoms with van der Waals surface area (Å²) < 4.78 is 4.70. The zero-order valence-electron chi connectivity index (χ0n) is 9.86. The van der Waals surface area contributed by atoms with Gasteiger partial charge in [-0.2, -0.15) is 0 Å². The van der Waals surface area contributed by atoms with E-state index in [0.29, 0.717) is 0 Å². The summed E-state index contributed by atoms with van der Waals surface area (Å²) in [6.45, 7) is 1.66. The smallest absolute Gasteiger partial charge is 0.308 e.